The summed E-state index contributed by atoms with van der Waals surface area (Å²) < 4.78 is 0. The molecule has 2 heteroatoms. The van der Waals surface area contributed by atoms with E-state index in [4.69, 9.17) is 0 Å². The lowest BCUT2D eigenvalue weighted by Gasteiger charge is -2.27. The van der Waals surface area contributed by atoms with Gasteiger partial charge in [0, 0.05) is 6.04 Å². The molecule has 0 aliphatic heterocycles. The van der Waals surface area contributed by atoms with Gasteiger partial charge in [-0.25, -0.2) is 0 Å². The Balaban J connectivity index is 1.95. The highest BCUT2D eigenvalue weighted by Gasteiger charge is 2.17. The summed E-state index contributed by atoms with van der Waals surface area (Å²) in [6.07, 6.45) is 10.6. The Hall–Kier alpha value is 0.310. The molecule has 0 amide bonds. The molecule has 0 heterocycles. The summed E-state index contributed by atoms with van der Waals surface area (Å²) in [5.74, 6) is 2.27. The second kappa shape index (κ2) is 7.58. The van der Waals surface area contributed by atoms with Gasteiger partial charge in [-0.2, -0.15) is 11.8 Å². The van der Waals surface area contributed by atoms with E-state index in [9.17, 15) is 0 Å². The monoisotopic (exact) mass is 215 g/mol. The van der Waals surface area contributed by atoms with Crippen LogP contribution in [0.5, 0.6) is 0 Å². The van der Waals surface area contributed by atoms with Crippen molar-refractivity contribution in [3.63, 3.8) is 0 Å². The number of hydrogen-bond donors (Lipinski definition) is 1. The van der Waals surface area contributed by atoms with E-state index in [2.05, 4.69) is 18.5 Å². The van der Waals surface area contributed by atoms with Crippen LogP contribution in [0.2, 0.25) is 0 Å². The summed E-state index contributed by atoms with van der Waals surface area (Å²) in [6, 6.07) is 0.827. The van der Waals surface area contributed by atoms with Gasteiger partial charge in [0.15, 0.2) is 0 Å². The quantitative estimate of drug-likeness (QED) is 0.682. The third kappa shape index (κ3) is 5.26. The van der Waals surface area contributed by atoms with E-state index in [-0.39, 0.29) is 0 Å². The number of unbranched alkanes of at least 4 members (excludes halogenated alkanes) is 1. The lowest BCUT2D eigenvalue weighted by Crippen LogP contribution is -2.34. The van der Waals surface area contributed by atoms with Gasteiger partial charge in [-0.1, -0.05) is 19.8 Å². The zero-order chi connectivity index (χ0) is 10.2. The first-order valence-corrected chi connectivity index (χ1v) is 7.44. The van der Waals surface area contributed by atoms with Crippen LogP contribution in [0.3, 0.4) is 0 Å². The molecule has 0 bridgehead atoms. The van der Waals surface area contributed by atoms with Crippen LogP contribution in [0.15, 0.2) is 0 Å². The Kier molecular flexibility index (Phi) is 6.70. The summed E-state index contributed by atoms with van der Waals surface area (Å²) in [4.78, 5) is 0. The molecule has 1 saturated carbocycles. The lowest BCUT2D eigenvalue weighted by molar-refractivity contribution is 0.301. The molecule has 0 spiro atoms. The fraction of sp³-hybridized carbons (Fsp3) is 1.00. The standard InChI is InChI=1S/C12H25NS/c1-11-6-5-7-12(10-11)13-8-3-4-9-14-2/h11-13H,3-10H2,1-2H3. The molecule has 1 nitrogen and oxygen atoms in total. The van der Waals surface area contributed by atoms with Crippen molar-refractivity contribution in [3.8, 4) is 0 Å². The average Bonchev–Trinajstić information content (AvgIpc) is 2.18. The smallest absolute Gasteiger partial charge is 0.00696 e. The van der Waals surface area contributed by atoms with Crippen LogP contribution in [0, 0.1) is 5.92 Å². The van der Waals surface area contributed by atoms with Crippen molar-refractivity contribution in [2.24, 2.45) is 5.92 Å². The molecule has 1 aliphatic carbocycles. The Morgan fingerprint density at radius 3 is 2.86 bits per heavy atom. The average molecular weight is 215 g/mol. The van der Waals surface area contributed by atoms with Gasteiger partial charge < -0.3 is 5.32 Å². The van der Waals surface area contributed by atoms with Gasteiger partial charge in [0.25, 0.3) is 0 Å². The molecular weight excluding hydrogens is 190 g/mol. The van der Waals surface area contributed by atoms with Gasteiger partial charge in [0.1, 0.15) is 0 Å². The van der Waals surface area contributed by atoms with Crippen LogP contribution in [-0.2, 0) is 0 Å². The fourth-order valence-corrected chi connectivity index (χ4v) is 2.79. The molecule has 0 saturated heterocycles. The summed E-state index contributed by atoms with van der Waals surface area (Å²) >= 11 is 1.96. The van der Waals surface area contributed by atoms with Gasteiger partial charge in [-0.15, -0.1) is 0 Å². The minimum absolute atomic E-state index is 0.827. The Bertz CT molecular complexity index is 138. The number of thioether (sulfide) groups is 1. The minimum Gasteiger partial charge on any atom is -0.314 e. The van der Waals surface area contributed by atoms with Crippen LogP contribution in [0.1, 0.15) is 45.4 Å². The van der Waals surface area contributed by atoms with E-state index in [1.54, 1.807) is 0 Å². The van der Waals surface area contributed by atoms with E-state index in [0.29, 0.717) is 0 Å². The number of rotatable bonds is 6. The predicted octanol–water partition coefficient (Wildman–Crippen LogP) is 3.30. The first-order valence-electron chi connectivity index (χ1n) is 6.05. The van der Waals surface area contributed by atoms with Crippen molar-refractivity contribution in [1.82, 2.24) is 5.32 Å². The van der Waals surface area contributed by atoms with Crippen molar-refractivity contribution in [1.29, 1.82) is 0 Å². The normalized spacial score (nSPS) is 27.9. The predicted molar refractivity (Wildman–Crippen MR) is 67.0 cm³/mol. The third-order valence-electron chi connectivity index (χ3n) is 3.14. The van der Waals surface area contributed by atoms with E-state index in [1.165, 1.54) is 50.8 Å². The maximum atomic E-state index is 3.70. The molecule has 0 aromatic rings. The van der Waals surface area contributed by atoms with Gasteiger partial charge in [-0.3, -0.25) is 0 Å². The number of hydrogen-bond acceptors (Lipinski definition) is 2. The van der Waals surface area contributed by atoms with Gasteiger partial charge >= 0.3 is 0 Å². The van der Waals surface area contributed by atoms with Gasteiger partial charge in [-0.05, 0) is 50.2 Å². The van der Waals surface area contributed by atoms with Crippen LogP contribution in [0.4, 0.5) is 0 Å². The van der Waals surface area contributed by atoms with E-state index in [1.807, 2.05) is 11.8 Å². The maximum absolute atomic E-state index is 3.70. The van der Waals surface area contributed by atoms with Crippen molar-refractivity contribution in [3.05, 3.63) is 0 Å². The van der Waals surface area contributed by atoms with Gasteiger partial charge in [0.05, 0.1) is 0 Å². The van der Waals surface area contributed by atoms with Crippen LogP contribution in [-0.4, -0.2) is 24.6 Å². The molecule has 1 N–H and O–H groups in total. The lowest BCUT2D eigenvalue weighted by atomic mass is 9.87. The topological polar surface area (TPSA) is 12.0 Å². The third-order valence-corrected chi connectivity index (χ3v) is 3.84. The van der Waals surface area contributed by atoms with Crippen LogP contribution in [0.25, 0.3) is 0 Å². The minimum atomic E-state index is 0.827. The Morgan fingerprint density at radius 1 is 1.29 bits per heavy atom. The largest absolute Gasteiger partial charge is 0.314 e. The van der Waals surface area contributed by atoms with E-state index >= 15 is 0 Å². The molecule has 1 aliphatic rings. The highest BCUT2D eigenvalue weighted by molar-refractivity contribution is 7.98. The highest BCUT2D eigenvalue weighted by Crippen LogP contribution is 2.23. The van der Waals surface area contributed by atoms with Crippen LogP contribution >= 0.6 is 11.8 Å². The van der Waals surface area contributed by atoms with Crippen molar-refractivity contribution >= 4 is 11.8 Å². The second-order valence-corrected chi connectivity index (χ2v) is 5.61. The summed E-state index contributed by atoms with van der Waals surface area (Å²) in [6.45, 7) is 3.62. The second-order valence-electron chi connectivity index (χ2n) is 4.62. The molecule has 1 fully saturated rings. The summed E-state index contributed by atoms with van der Waals surface area (Å²) in [5, 5.41) is 3.70. The van der Waals surface area contributed by atoms with Crippen molar-refractivity contribution in [2.45, 2.75) is 51.5 Å². The SMILES string of the molecule is CSCCCCNC1CCCC(C)C1. The molecule has 0 radical (unpaired) electrons. The zero-order valence-electron chi connectivity index (χ0n) is 9.72. The highest BCUT2D eigenvalue weighted by atomic mass is 32.2. The fourth-order valence-electron chi connectivity index (χ4n) is 2.30. The summed E-state index contributed by atoms with van der Waals surface area (Å²) in [5.41, 5.74) is 0. The molecule has 2 atom stereocenters. The van der Waals surface area contributed by atoms with E-state index < -0.39 is 0 Å². The maximum Gasteiger partial charge on any atom is 0.00696 e. The first-order chi connectivity index (χ1) is 6.83. The molecule has 14 heavy (non-hydrogen) atoms. The molecule has 0 aromatic heterocycles. The van der Waals surface area contributed by atoms with Crippen molar-refractivity contribution in [2.75, 3.05) is 18.6 Å². The van der Waals surface area contributed by atoms with Crippen molar-refractivity contribution < 1.29 is 0 Å². The molecule has 0 aromatic carbocycles. The Morgan fingerprint density at radius 2 is 2.14 bits per heavy atom. The molecular formula is C12H25NS. The van der Waals surface area contributed by atoms with Crippen LogP contribution < -0.4 is 5.32 Å². The van der Waals surface area contributed by atoms with Gasteiger partial charge in [0.2, 0.25) is 0 Å². The van der Waals surface area contributed by atoms with E-state index in [0.717, 1.165) is 12.0 Å². The number of nitrogens with one attached hydrogen (secondary N) is 1. The molecule has 2 unspecified atom stereocenters. The Labute approximate surface area is 93.4 Å². The summed E-state index contributed by atoms with van der Waals surface area (Å²) in [7, 11) is 0. The molecule has 1 rings (SSSR count). The molecule has 84 valence electrons. The zero-order valence-corrected chi connectivity index (χ0v) is 10.5. The first kappa shape index (κ1) is 12.4.